The van der Waals surface area contributed by atoms with Crippen molar-refractivity contribution in [1.82, 2.24) is 15.5 Å². The van der Waals surface area contributed by atoms with Crippen LogP contribution in [0.15, 0.2) is 0 Å². The van der Waals surface area contributed by atoms with Gasteiger partial charge in [0.1, 0.15) is 0 Å². The predicted octanol–water partition coefficient (Wildman–Crippen LogP) is 1.51. The van der Waals surface area contributed by atoms with Crippen LogP contribution in [0.5, 0.6) is 0 Å². The van der Waals surface area contributed by atoms with E-state index >= 15 is 0 Å². The van der Waals surface area contributed by atoms with Gasteiger partial charge in [-0.3, -0.25) is 9.69 Å². The molecule has 1 heterocycles. The van der Waals surface area contributed by atoms with Gasteiger partial charge in [0.05, 0.1) is 6.54 Å². The lowest BCUT2D eigenvalue weighted by Gasteiger charge is -2.26. The third kappa shape index (κ3) is 5.11. The molecule has 1 atom stereocenters. The minimum Gasteiger partial charge on any atom is -0.352 e. The van der Waals surface area contributed by atoms with E-state index < -0.39 is 0 Å². The molecule has 2 rings (SSSR count). The van der Waals surface area contributed by atoms with E-state index in [-0.39, 0.29) is 5.91 Å². The van der Waals surface area contributed by atoms with Gasteiger partial charge in [0.15, 0.2) is 0 Å². The Labute approximate surface area is 117 Å². The van der Waals surface area contributed by atoms with Crippen LogP contribution in [-0.4, -0.2) is 49.1 Å². The van der Waals surface area contributed by atoms with Crippen LogP contribution < -0.4 is 10.6 Å². The average Bonchev–Trinajstić information content (AvgIpc) is 2.92. The fourth-order valence-corrected chi connectivity index (χ4v) is 3.25. The number of carbonyl (C=O) groups excluding carboxylic acids is 1. The Morgan fingerprint density at radius 1 is 1.21 bits per heavy atom. The van der Waals surface area contributed by atoms with Crippen LogP contribution in [0, 0.1) is 0 Å². The largest absolute Gasteiger partial charge is 0.352 e. The van der Waals surface area contributed by atoms with Crippen molar-refractivity contribution in [3.05, 3.63) is 0 Å². The molecule has 0 bridgehead atoms. The molecule has 2 aliphatic rings. The molecular weight excluding hydrogens is 238 g/mol. The second-order valence-electron chi connectivity index (χ2n) is 6.02. The van der Waals surface area contributed by atoms with E-state index in [9.17, 15) is 4.79 Å². The first kappa shape index (κ1) is 14.8. The maximum absolute atomic E-state index is 12.1. The molecule has 1 aliphatic carbocycles. The molecule has 0 aromatic rings. The van der Waals surface area contributed by atoms with Gasteiger partial charge >= 0.3 is 0 Å². The Morgan fingerprint density at radius 3 is 2.63 bits per heavy atom. The van der Waals surface area contributed by atoms with E-state index in [2.05, 4.69) is 22.5 Å². The summed E-state index contributed by atoms with van der Waals surface area (Å²) in [6.45, 7) is 5.80. The predicted molar refractivity (Wildman–Crippen MR) is 78.2 cm³/mol. The van der Waals surface area contributed by atoms with E-state index in [0.717, 1.165) is 19.6 Å². The SMILES string of the molecule is CCN(CC(=O)NC1CCCCC1)CC1CCCN1. The Bertz CT molecular complexity index is 271. The van der Waals surface area contributed by atoms with Gasteiger partial charge < -0.3 is 10.6 Å². The van der Waals surface area contributed by atoms with Crippen molar-refractivity contribution in [2.75, 3.05) is 26.2 Å². The van der Waals surface area contributed by atoms with Gasteiger partial charge in [0, 0.05) is 18.6 Å². The molecule has 19 heavy (non-hydrogen) atoms. The standard InChI is InChI=1S/C15H29N3O/c1-2-18(11-14-9-6-10-16-14)12-15(19)17-13-7-4-3-5-8-13/h13-14,16H,2-12H2,1H3,(H,17,19). The lowest BCUT2D eigenvalue weighted by molar-refractivity contribution is -0.123. The highest BCUT2D eigenvalue weighted by molar-refractivity contribution is 5.78. The molecule has 4 heteroatoms. The number of nitrogens with one attached hydrogen (secondary N) is 2. The van der Waals surface area contributed by atoms with Crippen LogP contribution in [-0.2, 0) is 4.79 Å². The van der Waals surface area contributed by atoms with Crippen LogP contribution >= 0.6 is 0 Å². The van der Waals surface area contributed by atoms with Crippen molar-refractivity contribution < 1.29 is 4.79 Å². The number of rotatable bonds is 6. The molecule has 2 fully saturated rings. The lowest BCUT2D eigenvalue weighted by atomic mass is 9.95. The summed E-state index contributed by atoms with van der Waals surface area (Å²) in [5.41, 5.74) is 0. The molecule has 0 radical (unpaired) electrons. The molecule has 1 aliphatic heterocycles. The van der Waals surface area contributed by atoms with Gasteiger partial charge in [0.25, 0.3) is 0 Å². The van der Waals surface area contributed by atoms with Crippen LogP contribution in [0.1, 0.15) is 51.9 Å². The van der Waals surface area contributed by atoms with Crippen LogP contribution in [0.2, 0.25) is 0 Å². The molecule has 0 aromatic heterocycles. The molecule has 0 spiro atoms. The first-order valence-electron chi connectivity index (χ1n) is 8.03. The fraction of sp³-hybridized carbons (Fsp3) is 0.933. The minimum absolute atomic E-state index is 0.215. The normalized spacial score (nSPS) is 24.8. The molecule has 2 N–H and O–H groups in total. The van der Waals surface area contributed by atoms with Crippen molar-refractivity contribution in [2.24, 2.45) is 0 Å². The molecule has 4 nitrogen and oxygen atoms in total. The Kier molecular flexibility index (Phi) is 6.11. The van der Waals surface area contributed by atoms with Crippen molar-refractivity contribution in [3.63, 3.8) is 0 Å². The van der Waals surface area contributed by atoms with Crippen molar-refractivity contribution in [1.29, 1.82) is 0 Å². The second-order valence-corrected chi connectivity index (χ2v) is 6.02. The summed E-state index contributed by atoms with van der Waals surface area (Å²) in [5.74, 6) is 0.215. The van der Waals surface area contributed by atoms with Gasteiger partial charge in [0.2, 0.25) is 5.91 Å². The summed E-state index contributed by atoms with van der Waals surface area (Å²) < 4.78 is 0. The number of carbonyl (C=O) groups is 1. The zero-order valence-electron chi connectivity index (χ0n) is 12.3. The van der Waals surface area contributed by atoms with Gasteiger partial charge in [-0.1, -0.05) is 26.2 Å². The second kappa shape index (κ2) is 7.85. The summed E-state index contributed by atoms with van der Waals surface area (Å²) in [6.07, 6.45) is 8.74. The maximum Gasteiger partial charge on any atom is 0.234 e. The average molecular weight is 267 g/mol. The zero-order valence-corrected chi connectivity index (χ0v) is 12.3. The van der Waals surface area contributed by atoms with Gasteiger partial charge in [-0.05, 0) is 38.8 Å². The third-order valence-electron chi connectivity index (χ3n) is 4.43. The Morgan fingerprint density at radius 2 is 2.00 bits per heavy atom. The lowest BCUT2D eigenvalue weighted by Crippen LogP contribution is -2.45. The first-order chi connectivity index (χ1) is 9.28. The highest BCUT2D eigenvalue weighted by Crippen LogP contribution is 2.17. The molecule has 1 unspecified atom stereocenters. The van der Waals surface area contributed by atoms with Gasteiger partial charge in [-0.25, -0.2) is 0 Å². The maximum atomic E-state index is 12.1. The number of amides is 1. The van der Waals surface area contributed by atoms with E-state index in [1.165, 1.54) is 44.9 Å². The van der Waals surface area contributed by atoms with Crippen LogP contribution in [0.4, 0.5) is 0 Å². The minimum atomic E-state index is 0.215. The van der Waals surface area contributed by atoms with Crippen LogP contribution in [0.3, 0.4) is 0 Å². The molecule has 1 saturated carbocycles. The van der Waals surface area contributed by atoms with Gasteiger partial charge in [-0.15, -0.1) is 0 Å². The summed E-state index contributed by atoms with van der Waals surface area (Å²) in [7, 11) is 0. The fourth-order valence-electron chi connectivity index (χ4n) is 3.25. The highest BCUT2D eigenvalue weighted by Gasteiger charge is 2.20. The monoisotopic (exact) mass is 267 g/mol. The van der Waals surface area contributed by atoms with Gasteiger partial charge in [-0.2, -0.15) is 0 Å². The summed E-state index contributed by atoms with van der Waals surface area (Å²) in [4.78, 5) is 14.3. The Hall–Kier alpha value is -0.610. The van der Waals surface area contributed by atoms with Crippen molar-refractivity contribution >= 4 is 5.91 Å². The number of hydrogen-bond donors (Lipinski definition) is 2. The third-order valence-corrected chi connectivity index (χ3v) is 4.43. The number of hydrogen-bond acceptors (Lipinski definition) is 3. The summed E-state index contributed by atoms with van der Waals surface area (Å²) in [5, 5.41) is 6.71. The van der Waals surface area contributed by atoms with Crippen molar-refractivity contribution in [2.45, 2.75) is 64.0 Å². The Balaban J connectivity index is 1.68. The summed E-state index contributed by atoms with van der Waals surface area (Å²) >= 11 is 0. The smallest absolute Gasteiger partial charge is 0.234 e. The van der Waals surface area contributed by atoms with Crippen LogP contribution in [0.25, 0.3) is 0 Å². The molecular formula is C15H29N3O. The molecule has 110 valence electrons. The number of likely N-dealkylation sites (N-methyl/N-ethyl adjacent to an activating group) is 1. The first-order valence-corrected chi connectivity index (χ1v) is 8.03. The van der Waals surface area contributed by atoms with Crippen molar-refractivity contribution in [3.8, 4) is 0 Å². The van der Waals surface area contributed by atoms with E-state index in [0.29, 0.717) is 18.6 Å². The number of nitrogens with zero attached hydrogens (tertiary/aromatic N) is 1. The zero-order chi connectivity index (χ0) is 13.5. The quantitative estimate of drug-likeness (QED) is 0.767. The highest BCUT2D eigenvalue weighted by atomic mass is 16.2. The topological polar surface area (TPSA) is 44.4 Å². The molecule has 1 amide bonds. The summed E-state index contributed by atoms with van der Waals surface area (Å²) in [6, 6.07) is 1.02. The molecule has 1 saturated heterocycles. The van der Waals surface area contributed by atoms with E-state index in [1.807, 2.05) is 0 Å². The van der Waals surface area contributed by atoms with E-state index in [1.54, 1.807) is 0 Å². The molecule has 0 aromatic carbocycles. The van der Waals surface area contributed by atoms with E-state index in [4.69, 9.17) is 0 Å².